The van der Waals surface area contributed by atoms with Crippen LogP contribution in [0.5, 0.6) is 11.5 Å². The van der Waals surface area contributed by atoms with E-state index >= 15 is 0 Å². The molecule has 4 aromatic carbocycles. The third kappa shape index (κ3) is 13.2. The molecule has 0 saturated carbocycles. The van der Waals surface area contributed by atoms with Crippen molar-refractivity contribution in [2.75, 3.05) is 19.5 Å². The zero-order valence-corrected chi connectivity index (χ0v) is 33.7. The summed E-state index contributed by atoms with van der Waals surface area (Å²) in [6, 6.07) is 31.4. The van der Waals surface area contributed by atoms with Crippen molar-refractivity contribution >= 4 is 29.3 Å². The molecule has 2 heterocycles. The molecule has 2 N–H and O–H groups in total. The standard InChI is InChI=1S/C24H25N3O6.C20H16N2O6.3CH4/c1-24(2,3)33-23(29)25-21-9-6-10-22(28)26(21)15-16-11-12-20(32-4)19(13-16)17-7-5-8-18(14-17)27(30)31;1-28-18-9-8-13(12-21-17(20(24)25)6-3-7-19(21)23)10-16(18)14-4-2-5-15(11-14)22(26)27;;;/h5-14H,15H2,1-4H3,(H,25,29);2-11H,12H2,1H3,(H,24,25);3*1H4. The molecule has 6 rings (SSSR count). The van der Waals surface area contributed by atoms with Gasteiger partial charge in [-0.2, -0.15) is 0 Å². The Morgan fingerprint density at radius 1 is 0.641 bits per heavy atom. The van der Waals surface area contributed by atoms with E-state index < -0.39 is 33.1 Å². The normalized spacial score (nSPS) is 10.3. The number of hydrogen-bond donors (Lipinski definition) is 2. The molecule has 338 valence electrons. The molecule has 6 aromatic rings. The first kappa shape index (κ1) is 52.1. The summed E-state index contributed by atoms with van der Waals surface area (Å²) in [6.07, 6.45) is -0.672. The summed E-state index contributed by atoms with van der Waals surface area (Å²) < 4.78 is 18.6. The molecule has 1 amide bonds. The third-order valence-corrected chi connectivity index (χ3v) is 8.89. The smallest absolute Gasteiger partial charge is 0.413 e. The van der Waals surface area contributed by atoms with Crippen LogP contribution in [0.25, 0.3) is 22.3 Å². The van der Waals surface area contributed by atoms with Gasteiger partial charge in [0.25, 0.3) is 22.5 Å². The summed E-state index contributed by atoms with van der Waals surface area (Å²) in [6.45, 7) is 5.43. The van der Waals surface area contributed by atoms with Gasteiger partial charge in [-0.3, -0.25) is 44.3 Å². The van der Waals surface area contributed by atoms with Crippen LogP contribution in [0.1, 0.15) is 64.7 Å². The molecule has 0 aliphatic rings. The number of aromatic nitrogens is 2. The van der Waals surface area contributed by atoms with E-state index in [1.165, 1.54) is 67.3 Å². The van der Waals surface area contributed by atoms with Crippen molar-refractivity contribution in [3.63, 3.8) is 0 Å². The highest BCUT2D eigenvalue weighted by Crippen LogP contribution is 2.34. The first-order chi connectivity index (χ1) is 29.0. The molecule has 2 aromatic heterocycles. The van der Waals surface area contributed by atoms with Crippen molar-refractivity contribution in [1.82, 2.24) is 9.13 Å². The number of anilines is 1. The molecule has 0 radical (unpaired) electrons. The van der Waals surface area contributed by atoms with Gasteiger partial charge < -0.3 is 19.3 Å². The molecule has 64 heavy (non-hydrogen) atoms. The number of aromatic carboxylic acids is 1. The molecule has 0 bridgehead atoms. The number of benzene rings is 4. The van der Waals surface area contributed by atoms with Crippen LogP contribution in [0.2, 0.25) is 0 Å². The lowest BCUT2D eigenvalue weighted by Gasteiger charge is -2.21. The summed E-state index contributed by atoms with van der Waals surface area (Å²) in [5.74, 6) is 0.115. The van der Waals surface area contributed by atoms with Gasteiger partial charge in [0, 0.05) is 47.5 Å². The van der Waals surface area contributed by atoms with Crippen molar-refractivity contribution in [2.24, 2.45) is 0 Å². The zero-order valence-electron chi connectivity index (χ0n) is 33.7. The number of pyridine rings is 2. The summed E-state index contributed by atoms with van der Waals surface area (Å²) in [7, 11) is 3.00. The van der Waals surface area contributed by atoms with E-state index in [1.807, 2.05) is 0 Å². The van der Waals surface area contributed by atoms with Gasteiger partial charge in [-0.05, 0) is 79.4 Å². The van der Waals surface area contributed by atoms with Gasteiger partial charge in [-0.15, -0.1) is 0 Å². The number of ether oxygens (including phenoxy) is 3. The third-order valence-electron chi connectivity index (χ3n) is 8.89. The maximum absolute atomic E-state index is 12.6. The lowest BCUT2D eigenvalue weighted by molar-refractivity contribution is -0.385. The molecule has 0 aliphatic carbocycles. The zero-order chi connectivity index (χ0) is 44.4. The largest absolute Gasteiger partial charge is 0.496 e. The van der Waals surface area contributed by atoms with Gasteiger partial charge in [-0.25, -0.2) is 9.59 Å². The SMILES string of the molecule is C.C.C.COc1ccc(Cn2c(C(=O)O)cccc2=O)cc1-c1cccc([N+](=O)[O-])c1.COc1ccc(Cn2c(NC(=O)OC(C)(C)C)cccc2=O)cc1-c1cccc([N+](=O)[O-])c1. The number of carboxylic acid groups (broad SMARTS) is 1. The van der Waals surface area contributed by atoms with Crippen molar-refractivity contribution in [2.45, 2.75) is 61.7 Å². The summed E-state index contributed by atoms with van der Waals surface area (Å²) in [4.78, 5) is 69.7. The highest BCUT2D eigenvalue weighted by molar-refractivity contribution is 5.85. The van der Waals surface area contributed by atoms with Crippen LogP contribution in [0.15, 0.2) is 131 Å². The first-order valence-electron chi connectivity index (χ1n) is 18.4. The molecular formula is C47H53N5O12. The van der Waals surface area contributed by atoms with E-state index in [2.05, 4.69) is 5.32 Å². The number of non-ortho nitro benzene ring substituents is 2. The van der Waals surface area contributed by atoms with Crippen LogP contribution in [-0.4, -0.2) is 56.0 Å². The second-order valence-corrected chi connectivity index (χ2v) is 14.3. The van der Waals surface area contributed by atoms with Gasteiger partial charge >= 0.3 is 12.1 Å². The monoisotopic (exact) mass is 879 g/mol. The van der Waals surface area contributed by atoms with Gasteiger partial charge in [0.05, 0.1) is 37.2 Å². The maximum atomic E-state index is 12.6. The average Bonchev–Trinajstić information content (AvgIpc) is 3.22. The molecule has 0 atom stereocenters. The number of carboxylic acids is 1. The molecule has 0 saturated heterocycles. The number of methoxy groups -OCH3 is 2. The molecule has 17 heteroatoms. The number of nitrogens with zero attached hydrogens (tertiary/aromatic N) is 4. The Hall–Kier alpha value is -8.08. The number of nitrogens with one attached hydrogen (secondary N) is 1. The molecular weight excluding hydrogens is 827 g/mol. The number of nitro groups is 2. The van der Waals surface area contributed by atoms with Crippen molar-refractivity contribution in [1.29, 1.82) is 0 Å². The summed E-state index contributed by atoms with van der Waals surface area (Å²) in [5, 5.41) is 34.2. The molecule has 0 fully saturated rings. The Kier molecular flexibility index (Phi) is 18.4. The van der Waals surface area contributed by atoms with Crippen molar-refractivity contribution in [3.05, 3.63) is 179 Å². The maximum Gasteiger partial charge on any atom is 0.413 e. The summed E-state index contributed by atoms with van der Waals surface area (Å²) >= 11 is 0. The van der Waals surface area contributed by atoms with E-state index in [9.17, 15) is 44.5 Å². The van der Waals surface area contributed by atoms with Crippen molar-refractivity contribution < 1.29 is 38.8 Å². The topological polar surface area (TPSA) is 224 Å². The van der Waals surface area contributed by atoms with Crippen molar-refractivity contribution in [3.8, 4) is 33.8 Å². The van der Waals surface area contributed by atoms with Gasteiger partial charge in [0.1, 0.15) is 28.6 Å². The van der Waals surface area contributed by atoms with E-state index in [-0.39, 0.29) is 63.8 Å². The predicted molar refractivity (Wildman–Crippen MR) is 247 cm³/mol. The number of amides is 1. The lowest BCUT2D eigenvalue weighted by Crippen LogP contribution is -2.30. The molecule has 0 aliphatic heterocycles. The van der Waals surface area contributed by atoms with Crippen LogP contribution >= 0.6 is 0 Å². The minimum Gasteiger partial charge on any atom is -0.496 e. The Labute approximate surface area is 370 Å². The number of carbonyl (C=O) groups excluding carboxylic acids is 1. The second kappa shape index (κ2) is 22.7. The molecule has 0 unspecified atom stereocenters. The number of hydrogen-bond acceptors (Lipinski definition) is 11. The molecule has 0 spiro atoms. The lowest BCUT2D eigenvalue weighted by atomic mass is 10.0. The van der Waals surface area contributed by atoms with E-state index in [1.54, 1.807) is 93.6 Å². The van der Waals surface area contributed by atoms with Gasteiger partial charge in [-0.1, -0.05) is 70.8 Å². The second-order valence-electron chi connectivity index (χ2n) is 14.3. The Morgan fingerprint density at radius 2 is 1.08 bits per heavy atom. The van der Waals surface area contributed by atoms with Crippen LogP contribution in [-0.2, 0) is 17.8 Å². The minimum atomic E-state index is -1.20. The average molecular weight is 880 g/mol. The van der Waals surface area contributed by atoms with E-state index in [0.717, 1.165) is 10.1 Å². The number of rotatable bonds is 12. The highest BCUT2D eigenvalue weighted by Gasteiger charge is 2.19. The van der Waals surface area contributed by atoms with E-state index in [0.29, 0.717) is 39.3 Å². The van der Waals surface area contributed by atoms with Crippen LogP contribution in [0.4, 0.5) is 22.0 Å². The van der Waals surface area contributed by atoms with Gasteiger partial charge in [0.15, 0.2) is 0 Å². The van der Waals surface area contributed by atoms with E-state index in [4.69, 9.17) is 14.2 Å². The first-order valence-corrected chi connectivity index (χ1v) is 18.4. The minimum absolute atomic E-state index is 0. The Morgan fingerprint density at radius 3 is 1.52 bits per heavy atom. The number of carbonyl (C=O) groups is 2. The fraction of sp³-hybridized carbons (Fsp3) is 0.234. The Balaban J connectivity index is 0.000000425. The highest BCUT2D eigenvalue weighted by atomic mass is 16.6. The molecule has 17 nitrogen and oxygen atoms in total. The number of nitro benzene ring substituents is 2. The van der Waals surface area contributed by atoms with Crippen LogP contribution in [0.3, 0.4) is 0 Å². The fourth-order valence-corrected chi connectivity index (χ4v) is 6.17. The Bertz CT molecular complexity index is 2740. The van der Waals surface area contributed by atoms with Crippen LogP contribution < -0.4 is 25.9 Å². The fourth-order valence-electron chi connectivity index (χ4n) is 6.17. The van der Waals surface area contributed by atoms with Crippen LogP contribution in [0, 0.1) is 20.2 Å². The quantitative estimate of drug-likeness (QED) is 0.0865. The summed E-state index contributed by atoms with van der Waals surface area (Å²) in [5.41, 5.74) is 2.16. The van der Waals surface area contributed by atoms with Gasteiger partial charge in [0.2, 0.25) is 0 Å². The predicted octanol–water partition coefficient (Wildman–Crippen LogP) is 9.91.